The molecule has 19 heteroatoms. The number of carbonyl (C=O) groups is 3. The summed E-state index contributed by atoms with van der Waals surface area (Å²) in [5.74, 6) is 0.0741. The van der Waals surface area contributed by atoms with Gasteiger partial charge in [0.2, 0.25) is 17.8 Å². The molecule has 3 aliphatic rings. The number of rotatable bonds is 12. The van der Waals surface area contributed by atoms with Crippen LogP contribution in [0.25, 0.3) is 21.9 Å². The van der Waals surface area contributed by atoms with Gasteiger partial charge in [0.15, 0.2) is 18.2 Å². The van der Waals surface area contributed by atoms with Crippen molar-refractivity contribution in [1.82, 2.24) is 44.8 Å². The fourth-order valence-corrected chi connectivity index (χ4v) is 8.81. The van der Waals surface area contributed by atoms with Gasteiger partial charge in [-0.05, 0) is 69.4 Å². The van der Waals surface area contributed by atoms with E-state index in [2.05, 4.69) is 58.8 Å². The van der Waals surface area contributed by atoms with E-state index < -0.39 is 5.92 Å². The van der Waals surface area contributed by atoms with Crippen molar-refractivity contribution in [2.45, 2.75) is 57.5 Å². The van der Waals surface area contributed by atoms with Crippen LogP contribution in [-0.4, -0.2) is 123 Å². The molecular formula is C42H51ClN12O6. The highest BCUT2D eigenvalue weighted by molar-refractivity contribution is 6.33. The molecule has 4 aromatic heterocycles. The normalized spacial score (nSPS) is 19.2. The zero-order valence-corrected chi connectivity index (χ0v) is 35.5. The van der Waals surface area contributed by atoms with Gasteiger partial charge in [-0.2, -0.15) is 10.1 Å². The smallest absolute Gasteiger partial charge is 0.294 e. The van der Waals surface area contributed by atoms with E-state index in [-0.39, 0.29) is 54.3 Å². The second-order valence-electron chi connectivity index (χ2n) is 16.3. The summed E-state index contributed by atoms with van der Waals surface area (Å²) in [6.45, 7) is 8.11. The molecule has 2 unspecified atom stereocenters. The molecule has 4 N–H and O–H groups in total. The van der Waals surface area contributed by atoms with Crippen molar-refractivity contribution in [3.8, 4) is 5.75 Å². The molecule has 0 saturated carbocycles. The van der Waals surface area contributed by atoms with Gasteiger partial charge in [0, 0.05) is 82.3 Å². The lowest BCUT2D eigenvalue weighted by Gasteiger charge is -2.43. The second kappa shape index (κ2) is 17.6. The van der Waals surface area contributed by atoms with Crippen LogP contribution in [0.2, 0.25) is 5.02 Å². The number of likely N-dealkylation sites (N-methyl/N-ethyl adjacent to an activating group) is 1. The number of halogens is 1. The maximum Gasteiger partial charge on any atom is 0.294 e. The maximum atomic E-state index is 13.2. The molecule has 7 heterocycles. The quantitative estimate of drug-likeness (QED) is 0.133. The first-order chi connectivity index (χ1) is 29.4. The van der Waals surface area contributed by atoms with Crippen molar-refractivity contribution < 1.29 is 24.2 Å². The van der Waals surface area contributed by atoms with Gasteiger partial charge in [-0.25, -0.2) is 9.97 Å². The standard InChI is InChI=1S/C42H51ClN12O6/c1-24(2)55-39-26(16-34(41(55)60)61-23-36(58)44-3)15-27(18-45-39)47-38-32(43)19-46-42(49-38)54-14-13-53(29(21-54)22-56)20-25-9-11-52(12-10-25)28-5-6-30-33(17-28)51(4)50-37(30)31-7-8-35(57)48-40(31)59/h5-6,15-19,24-25,29,31,56H,7-14,20-23H2,1-4H3,(H,44,58)(H,46,47,49)(H,48,57,59). The topological polar surface area (TPSA) is 205 Å². The van der Waals surface area contributed by atoms with Gasteiger partial charge in [-0.1, -0.05) is 11.6 Å². The van der Waals surface area contributed by atoms with E-state index in [1.54, 1.807) is 18.5 Å². The Morgan fingerprint density at radius 2 is 1.84 bits per heavy atom. The Morgan fingerprint density at radius 1 is 1.03 bits per heavy atom. The van der Waals surface area contributed by atoms with Crippen molar-refractivity contribution in [2.75, 3.05) is 74.6 Å². The molecule has 0 spiro atoms. The molecule has 0 radical (unpaired) electrons. The van der Waals surface area contributed by atoms with E-state index in [9.17, 15) is 24.3 Å². The van der Waals surface area contributed by atoms with E-state index >= 15 is 0 Å². The maximum absolute atomic E-state index is 13.2. The molecule has 3 saturated heterocycles. The Bertz CT molecular complexity index is 2540. The van der Waals surface area contributed by atoms with Crippen LogP contribution in [0.4, 0.5) is 23.1 Å². The minimum absolute atomic E-state index is 0.00139. The van der Waals surface area contributed by atoms with E-state index in [0.717, 1.165) is 55.6 Å². The number of hydrogen-bond acceptors (Lipinski definition) is 14. The van der Waals surface area contributed by atoms with Crippen LogP contribution in [0.15, 0.2) is 47.5 Å². The van der Waals surface area contributed by atoms with Crippen molar-refractivity contribution >= 4 is 74.4 Å². The number of aliphatic hydroxyl groups is 1. The number of aromatic nitrogens is 6. The predicted molar refractivity (Wildman–Crippen MR) is 232 cm³/mol. The fraction of sp³-hybridized carbons (Fsp3) is 0.476. The number of ether oxygens (including phenoxy) is 1. The number of aliphatic hydroxyl groups excluding tert-OH is 1. The first kappa shape index (κ1) is 41.9. The summed E-state index contributed by atoms with van der Waals surface area (Å²) >= 11 is 6.60. The number of piperazine rings is 1. The summed E-state index contributed by atoms with van der Waals surface area (Å²) in [6, 6.07) is 9.38. The minimum Gasteiger partial charge on any atom is -0.478 e. The Morgan fingerprint density at radius 3 is 2.57 bits per heavy atom. The molecule has 18 nitrogen and oxygen atoms in total. The molecule has 2 atom stereocenters. The molecule has 3 fully saturated rings. The van der Waals surface area contributed by atoms with Gasteiger partial charge in [0.1, 0.15) is 10.7 Å². The SMILES string of the molecule is CNC(=O)COc1cc2cc(Nc3nc(N4CCN(CC5CCN(c6ccc7c(C8CCC(=O)NC8=O)nn(C)c7c6)CC5)C(CO)C4)ncc3Cl)cnc2n(C(C)C)c1=O. The summed E-state index contributed by atoms with van der Waals surface area (Å²) in [7, 11) is 3.39. The van der Waals surface area contributed by atoms with Gasteiger partial charge in [-0.3, -0.25) is 38.6 Å². The van der Waals surface area contributed by atoms with Crippen LogP contribution >= 0.6 is 11.6 Å². The summed E-state index contributed by atoms with van der Waals surface area (Å²) < 4.78 is 8.95. The Kier molecular flexibility index (Phi) is 12.1. The first-order valence-corrected chi connectivity index (χ1v) is 21.1. The third kappa shape index (κ3) is 8.69. The van der Waals surface area contributed by atoms with E-state index in [1.807, 2.05) is 31.6 Å². The minimum atomic E-state index is -0.435. The third-order valence-electron chi connectivity index (χ3n) is 12.0. The number of amides is 3. The van der Waals surface area contributed by atoms with E-state index in [4.69, 9.17) is 26.4 Å². The highest BCUT2D eigenvalue weighted by Gasteiger charge is 2.33. The van der Waals surface area contributed by atoms with Crippen LogP contribution in [0.5, 0.6) is 5.75 Å². The lowest BCUT2D eigenvalue weighted by atomic mass is 9.92. The first-order valence-electron chi connectivity index (χ1n) is 20.7. The molecular weight excluding hydrogens is 804 g/mol. The number of carbonyl (C=O) groups excluding carboxylic acids is 3. The average molecular weight is 855 g/mol. The molecule has 0 aliphatic carbocycles. The zero-order chi connectivity index (χ0) is 42.9. The van der Waals surface area contributed by atoms with Gasteiger partial charge in [-0.15, -0.1) is 0 Å². The molecule has 3 amide bonds. The largest absolute Gasteiger partial charge is 0.478 e. The van der Waals surface area contributed by atoms with Gasteiger partial charge in [0.05, 0.1) is 47.9 Å². The summed E-state index contributed by atoms with van der Waals surface area (Å²) in [6.07, 6.45) is 5.97. The van der Waals surface area contributed by atoms with E-state index in [1.165, 1.54) is 11.6 Å². The molecule has 3 aliphatic heterocycles. The molecule has 322 valence electrons. The van der Waals surface area contributed by atoms with Crippen molar-refractivity contribution in [2.24, 2.45) is 13.0 Å². The number of benzene rings is 1. The number of hydrogen-bond donors (Lipinski definition) is 4. The molecule has 8 rings (SSSR count). The highest BCUT2D eigenvalue weighted by atomic mass is 35.5. The number of aryl methyl sites for hydroxylation is 1. The Labute approximate surface area is 357 Å². The summed E-state index contributed by atoms with van der Waals surface area (Å²) in [5, 5.41) is 25.3. The van der Waals surface area contributed by atoms with Crippen LogP contribution in [-0.2, 0) is 21.4 Å². The monoisotopic (exact) mass is 854 g/mol. The number of fused-ring (bicyclic) bond motifs is 2. The number of nitrogens with one attached hydrogen (secondary N) is 3. The number of anilines is 4. The van der Waals surface area contributed by atoms with Crippen LogP contribution < -0.4 is 36.0 Å². The Hall–Kier alpha value is -5.85. The zero-order valence-electron chi connectivity index (χ0n) is 34.7. The van der Waals surface area contributed by atoms with Gasteiger partial charge >= 0.3 is 0 Å². The van der Waals surface area contributed by atoms with Crippen molar-refractivity contribution in [1.29, 1.82) is 0 Å². The second-order valence-corrected chi connectivity index (χ2v) is 16.7. The predicted octanol–water partition coefficient (Wildman–Crippen LogP) is 3.10. The van der Waals surface area contributed by atoms with Crippen molar-refractivity contribution in [3.63, 3.8) is 0 Å². The molecule has 5 aromatic rings. The Balaban J connectivity index is 0.893. The van der Waals surface area contributed by atoms with E-state index in [0.29, 0.717) is 71.1 Å². The summed E-state index contributed by atoms with van der Waals surface area (Å²) in [4.78, 5) is 70.2. The van der Waals surface area contributed by atoms with Crippen LogP contribution in [0, 0.1) is 5.92 Å². The number of nitrogens with zero attached hydrogens (tertiary/aromatic N) is 9. The molecule has 61 heavy (non-hydrogen) atoms. The van der Waals surface area contributed by atoms with Crippen LogP contribution in [0.1, 0.15) is 57.2 Å². The lowest BCUT2D eigenvalue weighted by Crippen LogP contribution is -2.56. The fourth-order valence-electron chi connectivity index (χ4n) is 8.68. The van der Waals surface area contributed by atoms with Gasteiger partial charge < -0.3 is 30.3 Å². The average Bonchev–Trinajstić information content (AvgIpc) is 3.58. The number of imide groups is 1. The number of pyridine rings is 2. The lowest BCUT2D eigenvalue weighted by molar-refractivity contribution is -0.134. The highest BCUT2D eigenvalue weighted by Crippen LogP contribution is 2.34. The van der Waals surface area contributed by atoms with Crippen LogP contribution in [0.3, 0.4) is 0 Å². The molecule has 0 bridgehead atoms. The number of piperidine rings is 2. The summed E-state index contributed by atoms with van der Waals surface area (Å²) in [5.41, 5.74) is 3.46. The molecule has 1 aromatic carbocycles. The van der Waals surface area contributed by atoms with Crippen molar-refractivity contribution in [3.05, 3.63) is 63.8 Å². The van der Waals surface area contributed by atoms with Gasteiger partial charge in [0.25, 0.3) is 11.5 Å². The third-order valence-corrected chi connectivity index (χ3v) is 12.3.